The molecule has 11 heteroatoms. The van der Waals surface area contributed by atoms with Crippen LogP contribution in [0.1, 0.15) is 64.2 Å². The smallest absolute Gasteiger partial charge is 0.251 e. The summed E-state index contributed by atoms with van der Waals surface area (Å²) in [7, 11) is 5.62. The summed E-state index contributed by atoms with van der Waals surface area (Å²) < 4.78 is 20.9. The number of amides is 2. The van der Waals surface area contributed by atoms with Crippen LogP contribution in [0.2, 0.25) is 0 Å². The summed E-state index contributed by atoms with van der Waals surface area (Å²) in [4.78, 5) is 31.0. The number of aryl methyl sites for hydroxylation is 2. The second-order valence-corrected chi connectivity index (χ2v) is 10.3. The molecule has 0 atom stereocenters. The molecule has 9 nitrogen and oxygen atoms in total. The maximum atomic E-state index is 13.4. The molecule has 2 amide bonds. The molecule has 3 N–H and O–H groups in total. The number of ether oxygens (including phenoxy) is 1. The number of nitrogens with one attached hydrogen (secondary N) is 3. The van der Waals surface area contributed by atoms with Gasteiger partial charge in [0.2, 0.25) is 0 Å². The lowest BCUT2D eigenvalue weighted by Crippen LogP contribution is -2.30. The van der Waals surface area contributed by atoms with Crippen molar-refractivity contribution in [3.63, 3.8) is 0 Å². The van der Waals surface area contributed by atoms with Crippen LogP contribution in [0.3, 0.4) is 0 Å². The van der Waals surface area contributed by atoms with Crippen LogP contribution in [-0.2, 0) is 30.8 Å². The molecule has 0 aliphatic carbocycles. The Hall–Kier alpha value is -4.25. The van der Waals surface area contributed by atoms with E-state index in [1.54, 1.807) is 30.3 Å². The molecule has 0 saturated carbocycles. The number of nitrogens with zero attached hydrogens (tertiary/aromatic N) is 3. The number of carbonyl (C=O) groups is 2. The number of hydrogen-bond acceptors (Lipinski definition) is 6. The van der Waals surface area contributed by atoms with Crippen LogP contribution in [0.25, 0.3) is 11.0 Å². The number of hydrogen-bond donors (Lipinski definition) is 3. The van der Waals surface area contributed by atoms with Gasteiger partial charge in [-0.1, -0.05) is 30.6 Å². The molecule has 2 aromatic heterocycles. The molecule has 1 fully saturated rings. The van der Waals surface area contributed by atoms with Crippen molar-refractivity contribution in [3.05, 3.63) is 82.4 Å². The summed E-state index contributed by atoms with van der Waals surface area (Å²) in [5.41, 5.74) is 4.96. The number of carbonyl (C=O) groups excluding carboxylic acids is 2. The maximum absolute atomic E-state index is 13.4. The molecule has 216 valence electrons. The predicted molar refractivity (Wildman–Crippen MR) is 161 cm³/mol. The van der Waals surface area contributed by atoms with Gasteiger partial charge in [-0.25, -0.2) is 14.1 Å². The van der Waals surface area contributed by atoms with Gasteiger partial charge < -0.3 is 20.7 Å². The lowest BCUT2D eigenvalue weighted by Gasteiger charge is -2.26. The molecule has 2 aromatic carbocycles. The third kappa shape index (κ3) is 6.46. The van der Waals surface area contributed by atoms with Crippen molar-refractivity contribution in [2.75, 3.05) is 18.5 Å². The Bertz CT molecular complexity index is 1600. The zero-order valence-electron chi connectivity index (χ0n) is 23.9. The van der Waals surface area contributed by atoms with Gasteiger partial charge in [-0.2, -0.15) is 5.10 Å². The molecule has 0 spiro atoms. The average Bonchev–Trinajstić information content (AvgIpc) is 3.44. The van der Waals surface area contributed by atoms with Crippen LogP contribution in [0.4, 0.5) is 10.1 Å². The molecule has 4 aromatic rings. The van der Waals surface area contributed by atoms with E-state index >= 15 is 0 Å². The van der Waals surface area contributed by atoms with Gasteiger partial charge in [-0.3, -0.25) is 9.59 Å². The minimum Gasteiger partial charge on any atom is -0.381 e. The van der Waals surface area contributed by atoms with E-state index in [4.69, 9.17) is 17.6 Å². The van der Waals surface area contributed by atoms with E-state index in [9.17, 15) is 14.0 Å². The molecule has 42 heavy (non-hydrogen) atoms. The van der Waals surface area contributed by atoms with E-state index in [0.29, 0.717) is 42.9 Å². The van der Waals surface area contributed by atoms with Crippen molar-refractivity contribution >= 4 is 41.8 Å². The minimum atomic E-state index is -0.506. The Balaban J connectivity index is 1.33. The molecular formula is C31H34BFN6O3. The van der Waals surface area contributed by atoms with Gasteiger partial charge in [-0.15, -0.1) is 0 Å². The number of rotatable bonds is 10. The second kappa shape index (κ2) is 13.2. The summed E-state index contributed by atoms with van der Waals surface area (Å²) in [5, 5.41) is 15.0. The molecule has 1 aliphatic rings. The highest BCUT2D eigenvalue weighted by atomic mass is 19.1. The van der Waals surface area contributed by atoms with Gasteiger partial charge >= 0.3 is 0 Å². The van der Waals surface area contributed by atoms with E-state index in [1.165, 1.54) is 12.1 Å². The normalized spacial score (nSPS) is 13.7. The van der Waals surface area contributed by atoms with Crippen LogP contribution in [0.5, 0.6) is 0 Å². The summed E-state index contributed by atoms with van der Waals surface area (Å²) >= 11 is 0. The summed E-state index contributed by atoms with van der Waals surface area (Å²) in [6.45, 7) is 6.62. The highest BCUT2D eigenvalue weighted by Crippen LogP contribution is 2.31. The zero-order chi connectivity index (χ0) is 29.6. The predicted octanol–water partition coefficient (Wildman–Crippen LogP) is 3.40. The van der Waals surface area contributed by atoms with Gasteiger partial charge in [0.1, 0.15) is 13.7 Å². The minimum absolute atomic E-state index is 0.0197. The van der Waals surface area contributed by atoms with Gasteiger partial charge in [0.05, 0.1) is 17.3 Å². The van der Waals surface area contributed by atoms with Gasteiger partial charge in [0.25, 0.3) is 11.8 Å². The Morgan fingerprint density at radius 1 is 1.05 bits per heavy atom. The molecule has 1 saturated heterocycles. The van der Waals surface area contributed by atoms with E-state index in [1.807, 2.05) is 24.7 Å². The standard InChI is InChI=1S/C31H34BFN6O3/c1-3-27-23(28(37-22-10-12-42-13-11-22)24-18-36-39(4-2)29(24)38-27)17-35-31(41)21-7-5-6-20(15-21)30(40)34-16-19-8-9-26(33)25(32)14-19/h5-9,14-15,18,22H,3-4,10-13,16-17H2,1-2H3,(H,34,40)(H,35,41)(H,37,38). The summed E-state index contributed by atoms with van der Waals surface area (Å²) in [6.07, 6.45) is 4.30. The fourth-order valence-electron chi connectivity index (χ4n) is 5.16. The quantitative estimate of drug-likeness (QED) is 0.253. The van der Waals surface area contributed by atoms with Crippen LogP contribution < -0.4 is 21.4 Å². The lowest BCUT2D eigenvalue weighted by molar-refractivity contribution is 0.0904. The van der Waals surface area contributed by atoms with Gasteiger partial charge in [-0.05, 0) is 56.0 Å². The van der Waals surface area contributed by atoms with Crippen molar-refractivity contribution < 1.29 is 18.7 Å². The number of fused-ring (bicyclic) bond motifs is 1. The Labute approximate surface area is 245 Å². The molecule has 2 radical (unpaired) electrons. The zero-order valence-corrected chi connectivity index (χ0v) is 23.9. The number of halogens is 1. The monoisotopic (exact) mass is 568 g/mol. The van der Waals surface area contributed by atoms with Crippen molar-refractivity contribution in [1.29, 1.82) is 0 Å². The molecule has 5 rings (SSSR count). The van der Waals surface area contributed by atoms with E-state index in [2.05, 4.69) is 21.0 Å². The van der Waals surface area contributed by atoms with Crippen LogP contribution in [0, 0.1) is 5.82 Å². The van der Waals surface area contributed by atoms with Crippen molar-refractivity contribution in [2.24, 2.45) is 0 Å². The maximum Gasteiger partial charge on any atom is 0.251 e. The summed E-state index contributed by atoms with van der Waals surface area (Å²) in [6, 6.07) is 11.1. The highest BCUT2D eigenvalue weighted by molar-refractivity contribution is 6.32. The molecule has 1 aliphatic heterocycles. The molecular weight excluding hydrogens is 534 g/mol. The first kappa shape index (κ1) is 29.3. The number of aromatic nitrogens is 3. The molecule has 0 unspecified atom stereocenters. The lowest BCUT2D eigenvalue weighted by atomic mass is 9.93. The van der Waals surface area contributed by atoms with Gasteiger partial charge in [0.15, 0.2) is 5.65 Å². The first-order valence-corrected chi connectivity index (χ1v) is 14.3. The first-order chi connectivity index (χ1) is 20.4. The topological polar surface area (TPSA) is 110 Å². The number of pyridine rings is 1. The SMILES string of the molecule is [B]c1cc(CNC(=O)c2cccc(C(=O)NCc3c(CC)nc4c(cnn4CC)c3NC3CCOCC3)c2)ccc1F. The number of benzene rings is 2. The van der Waals surface area contributed by atoms with Crippen LogP contribution in [0.15, 0.2) is 48.7 Å². The van der Waals surface area contributed by atoms with E-state index in [-0.39, 0.29) is 36.4 Å². The summed E-state index contributed by atoms with van der Waals surface area (Å²) in [5.74, 6) is -1.17. The van der Waals surface area contributed by atoms with Crippen molar-refractivity contribution in [3.8, 4) is 0 Å². The third-order valence-corrected chi connectivity index (χ3v) is 7.50. The Kier molecular flexibility index (Phi) is 9.17. The largest absolute Gasteiger partial charge is 0.381 e. The Morgan fingerprint density at radius 3 is 2.43 bits per heavy atom. The first-order valence-electron chi connectivity index (χ1n) is 14.3. The second-order valence-electron chi connectivity index (χ2n) is 10.3. The van der Waals surface area contributed by atoms with E-state index in [0.717, 1.165) is 40.8 Å². The third-order valence-electron chi connectivity index (χ3n) is 7.50. The highest BCUT2D eigenvalue weighted by Gasteiger charge is 2.22. The number of anilines is 1. The fourth-order valence-corrected chi connectivity index (χ4v) is 5.16. The Morgan fingerprint density at radius 2 is 1.76 bits per heavy atom. The van der Waals surface area contributed by atoms with Crippen molar-refractivity contribution in [2.45, 2.75) is 58.8 Å². The van der Waals surface area contributed by atoms with Gasteiger partial charge in [0, 0.05) is 61.3 Å². The van der Waals surface area contributed by atoms with Crippen molar-refractivity contribution in [1.82, 2.24) is 25.4 Å². The van der Waals surface area contributed by atoms with Crippen LogP contribution in [-0.4, -0.2) is 53.7 Å². The van der Waals surface area contributed by atoms with Crippen LogP contribution >= 0.6 is 0 Å². The van der Waals surface area contributed by atoms with E-state index < -0.39 is 5.82 Å². The molecule has 3 heterocycles. The fraction of sp³-hybridized carbons (Fsp3) is 0.355. The average molecular weight is 568 g/mol. The molecule has 0 bridgehead atoms.